The fraction of sp³-hybridized carbons (Fsp3) is 0.611. The first-order valence-corrected chi connectivity index (χ1v) is 8.20. The molecule has 1 saturated carbocycles. The number of rotatable bonds is 6. The van der Waals surface area contributed by atoms with Crippen molar-refractivity contribution in [1.82, 2.24) is 4.90 Å². The lowest BCUT2D eigenvalue weighted by molar-refractivity contribution is -0.137. The molecule has 0 radical (unpaired) electrons. The van der Waals surface area contributed by atoms with Gasteiger partial charge in [-0.25, -0.2) is 0 Å². The highest BCUT2D eigenvalue weighted by Crippen LogP contribution is 2.31. The molecule has 122 valence electrons. The van der Waals surface area contributed by atoms with Gasteiger partial charge in [0, 0.05) is 13.6 Å². The van der Waals surface area contributed by atoms with Gasteiger partial charge >= 0.3 is 0 Å². The highest BCUT2D eigenvalue weighted by molar-refractivity contribution is 5.77. The Morgan fingerprint density at radius 2 is 1.86 bits per heavy atom. The molecule has 0 aromatic heterocycles. The lowest BCUT2D eigenvalue weighted by Crippen LogP contribution is -2.39. The van der Waals surface area contributed by atoms with E-state index in [0.29, 0.717) is 13.2 Å². The van der Waals surface area contributed by atoms with Gasteiger partial charge in [-0.1, -0.05) is 31.4 Å². The molecular weight excluding hydrogens is 278 g/mol. The minimum absolute atomic E-state index is 0.0123. The molecule has 0 bridgehead atoms. The second kappa shape index (κ2) is 7.63. The molecule has 1 aromatic rings. The summed E-state index contributed by atoms with van der Waals surface area (Å²) in [5.41, 5.74) is 0.275. The van der Waals surface area contributed by atoms with Crippen molar-refractivity contribution < 1.29 is 14.6 Å². The van der Waals surface area contributed by atoms with Crippen molar-refractivity contribution in [3.8, 4) is 5.75 Å². The van der Waals surface area contributed by atoms with Crippen LogP contribution in [0.5, 0.6) is 5.75 Å². The van der Waals surface area contributed by atoms with Crippen LogP contribution < -0.4 is 4.74 Å². The van der Waals surface area contributed by atoms with Crippen molar-refractivity contribution in [3.05, 3.63) is 29.8 Å². The normalized spacial score (nSPS) is 17.0. The Kier molecular flexibility index (Phi) is 5.83. The van der Waals surface area contributed by atoms with Crippen LogP contribution in [0.25, 0.3) is 0 Å². The van der Waals surface area contributed by atoms with E-state index in [1.807, 2.05) is 31.2 Å². The molecule has 1 aliphatic rings. The second-order valence-electron chi connectivity index (χ2n) is 6.29. The summed E-state index contributed by atoms with van der Waals surface area (Å²) in [4.78, 5) is 14.0. The summed E-state index contributed by atoms with van der Waals surface area (Å²) < 4.78 is 5.41. The molecule has 1 aliphatic carbocycles. The quantitative estimate of drug-likeness (QED) is 0.878. The first-order chi connectivity index (χ1) is 10.5. The summed E-state index contributed by atoms with van der Waals surface area (Å²) in [6.07, 6.45) is 4.93. The largest absolute Gasteiger partial charge is 0.494 e. The topological polar surface area (TPSA) is 49.8 Å². The van der Waals surface area contributed by atoms with Gasteiger partial charge in [-0.05, 0) is 37.5 Å². The van der Waals surface area contributed by atoms with Crippen LogP contribution >= 0.6 is 0 Å². The Morgan fingerprint density at radius 3 is 2.45 bits per heavy atom. The predicted octanol–water partition coefficient (Wildman–Crippen LogP) is 3.13. The number of benzene rings is 1. The van der Waals surface area contributed by atoms with Gasteiger partial charge in [0.15, 0.2) is 0 Å². The zero-order chi connectivity index (χ0) is 16.0. The number of hydrogen-bond donors (Lipinski definition) is 1. The molecule has 1 aromatic carbocycles. The van der Waals surface area contributed by atoms with Crippen LogP contribution in [-0.4, -0.2) is 35.2 Å². The van der Waals surface area contributed by atoms with Crippen LogP contribution in [0.2, 0.25) is 0 Å². The van der Waals surface area contributed by atoms with Gasteiger partial charge in [0.2, 0.25) is 5.91 Å². The van der Waals surface area contributed by atoms with Gasteiger partial charge in [-0.2, -0.15) is 0 Å². The van der Waals surface area contributed by atoms with Gasteiger partial charge < -0.3 is 14.7 Å². The van der Waals surface area contributed by atoms with Gasteiger partial charge in [0.25, 0.3) is 0 Å². The van der Waals surface area contributed by atoms with E-state index < -0.39 is 5.60 Å². The van der Waals surface area contributed by atoms with E-state index in [1.165, 1.54) is 6.42 Å². The highest BCUT2D eigenvalue weighted by Gasteiger charge is 2.32. The molecular formula is C18H27NO3. The standard InChI is InChI=1S/C18H27NO3/c1-3-22-16-9-7-15(8-10-16)14-19(2)17(20)13-18(21)11-5-4-6-12-18/h7-10,21H,3-6,11-14H2,1-2H3. The van der Waals surface area contributed by atoms with Crippen molar-refractivity contribution in [2.45, 2.75) is 57.6 Å². The van der Waals surface area contributed by atoms with Crippen molar-refractivity contribution in [1.29, 1.82) is 0 Å². The molecule has 4 heteroatoms. The molecule has 0 atom stereocenters. The monoisotopic (exact) mass is 305 g/mol. The van der Waals surface area contributed by atoms with Crippen molar-refractivity contribution in [3.63, 3.8) is 0 Å². The molecule has 22 heavy (non-hydrogen) atoms. The van der Waals surface area contributed by atoms with Crippen molar-refractivity contribution >= 4 is 5.91 Å². The summed E-state index contributed by atoms with van der Waals surface area (Å²) in [5, 5.41) is 10.5. The minimum atomic E-state index is -0.789. The molecule has 0 unspecified atom stereocenters. The Bertz CT molecular complexity index is 478. The SMILES string of the molecule is CCOc1ccc(CN(C)C(=O)CC2(O)CCCCC2)cc1. The number of aliphatic hydroxyl groups is 1. The maximum atomic E-state index is 12.3. The van der Waals surface area contributed by atoms with E-state index in [2.05, 4.69) is 0 Å². The number of hydrogen-bond acceptors (Lipinski definition) is 3. The zero-order valence-electron chi connectivity index (χ0n) is 13.7. The van der Waals surface area contributed by atoms with Gasteiger partial charge in [0.05, 0.1) is 18.6 Å². The Hall–Kier alpha value is -1.55. The lowest BCUT2D eigenvalue weighted by Gasteiger charge is -2.32. The average Bonchev–Trinajstić information content (AvgIpc) is 2.49. The Labute approximate surface area is 133 Å². The van der Waals surface area contributed by atoms with E-state index in [1.54, 1.807) is 11.9 Å². The van der Waals surface area contributed by atoms with E-state index in [0.717, 1.165) is 37.0 Å². The maximum absolute atomic E-state index is 12.3. The van der Waals surface area contributed by atoms with Crippen LogP contribution in [0.3, 0.4) is 0 Å². The molecule has 1 fully saturated rings. The zero-order valence-corrected chi connectivity index (χ0v) is 13.7. The summed E-state index contributed by atoms with van der Waals surface area (Å²) in [6.45, 7) is 3.16. The fourth-order valence-electron chi connectivity index (χ4n) is 3.02. The number of carbonyl (C=O) groups excluding carboxylic acids is 1. The number of nitrogens with zero attached hydrogens (tertiary/aromatic N) is 1. The van der Waals surface area contributed by atoms with Crippen LogP contribution in [0.4, 0.5) is 0 Å². The third-order valence-corrected chi connectivity index (χ3v) is 4.34. The lowest BCUT2D eigenvalue weighted by atomic mass is 9.82. The molecule has 0 spiro atoms. The number of ether oxygens (including phenoxy) is 1. The molecule has 0 aliphatic heterocycles. The molecule has 0 saturated heterocycles. The summed E-state index contributed by atoms with van der Waals surface area (Å²) in [5.74, 6) is 0.857. The summed E-state index contributed by atoms with van der Waals surface area (Å²) >= 11 is 0. The molecule has 4 nitrogen and oxygen atoms in total. The predicted molar refractivity (Wildman–Crippen MR) is 86.7 cm³/mol. The first-order valence-electron chi connectivity index (χ1n) is 8.20. The molecule has 2 rings (SSSR count). The van der Waals surface area contributed by atoms with E-state index >= 15 is 0 Å². The number of amides is 1. The van der Waals surface area contributed by atoms with E-state index in [-0.39, 0.29) is 12.3 Å². The Morgan fingerprint density at radius 1 is 1.23 bits per heavy atom. The van der Waals surface area contributed by atoms with Crippen LogP contribution in [0, 0.1) is 0 Å². The van der Waals surface area contributed by atoms with Gasteiger partial charge in [-0.3, -0.25) is 4.79 Å². The second-order valence-corrected chi connectivity index (χ2v) is 6.29. The third kappa shape index (κ3) is 4.73. The summed E-state index contributed by atoms with van der Waals surface area (Å²) in [7, 11) is 1.80. The average molecular weight is 305 g/mol. The van der Waals surface area contributed by atoms with Crippen molar-refractivity contribution in [2.75, 3.05) is 13.7 Å². The maximum Gasteiger partial charge on any atom is 0.225 e. The first kappa shape index (κ1) is 16.8. The minimum Gasteiger partial charge on any atom is -0.494 e. The van der Waals surface area contributed by atoms with Crippen LogP contribution in [0.1, 0.15) is 51.0 Å². The van der Waals surface area contributed by atoms with E-state index in [9.17, 15) is 9.90 Å². The highest BCUT2D eigenvalue weighted by atomic mass is 16.5. The fourth-order valence-corrected chi connectivity index (χ4v) is 3.02. The van der Waals surface area contributed by atoms with Gasteiger partial charge in [0.1, 0.15) is 5.75 Å². The van der Waals surface area contributed by atoms with Crippen LogP contribution in [-0.2, 0) is 11.3 Å². The van der Waals surface area contributed by atoms with Crippen molar-refractivity contribution in [2.24, 2.45) is 0 Å². The van der Waals surface area contributed by atoms with E-state index in [4.69, 9.17) is 4.74 Å². The van der Waals surface area contributed by atoms with Gasteiger partial charge in [-0.15, -0.1) is 0 Å². The summed E-state index contributed by atoms with van der Waals surface area (Å²) in [6, 6.07) is 7.80. The number of carbonyl (C=O) groups is 1. The molecule has 1 N–H and O–H groups in total. The Balaban J connectivity index is 1.87. The third-order valence-electron chi connectivity index (χ3n) is 4.34. The molecule has 0 heterocycles. The van der Waals surface area contributed by atoms with Crippen LogP contribution in [0.15, 0.2) is 24.3 Å². The molecule has 1 amide bonds. The smallest absolute Gasteiger partial charge is 0.225 e.